The van der Waals surface area contributed by atoms with E-state index in [1.54, 1.807) is 0 Å². The summed E-state index contributed by atoms with van der Waals surface area (Å²) in [4.78, 5) is 4.35. The summed E-state index contributed by atoms with van der Waals surface area (Å²) in [5.74, 6) is 2.33. The Kier molecular flexibility index (Phi) is 5.39. The Morgan fingerprint density at radius 1 is 1.12 bits per heavy atom. The molecule has 2 heterocycles. The van der Waals surface area contributed by atoms with Gasteiger partial charge in [0.25, 0.3) is 0 Å². The van der Waals surface area contributed by atoms with Crippen LogP contribution >= 0.6 is 0 Å². The van der Waals surface area contributed by atoms with E-state index in [9.17, 15) is 0 Å². The van der Waals surface area contributed by atoms with E-state index in [4.69, 9.17) is 9.15 Å². The van der Waals surface area contributed by atoms with Crippen LogP contribution in [-0.2, 0) is 4.74 Å². The van der Waals surface area contributed by atoms with E-state index >= 15 is 0 Å². The number of nitrogens with zero attached hydrogens (tertiary/aromatic N) is 1. The fourth-order valence-corrected chi connectivity index (χ4v) is 2.72. The van der Waals surface area contributed by atoms with Gasteiger partial charge >= 0.3 is 0 Å². The highest BCUT2D eigenvalue weighted by atomic mass is 16.5. The van der Waals surface area contributed by atoms with E-state index in [1.807, 2.05) is 31.4 Å². The SMILES string of the molecule is CNc1ccc(-c2cc3cc(C(C)OCCC(C)C)ccc3o2)cn1. The first-order chi connectivity index (χ1) is 12.1. The second-order valence-electron chi connectivity index (χ2n) is 6.79. The summed E-state index contributed by atoms with van der Waals surface area (Å²) in [7, 11) is 1.86. The second kappa shape index (κ2) is 7.70. The van der Waals surface area contributed by atoms with Gasteiger partial charge in [-0.15, -0.1) is 0 Å². The fourth-order valence-electron chi connectivity index (χ4n) is 2.72. The third-order valence-corrected chi connectivity index (χ3v) is 4.38. The molecule has 0 bridgehead atoms. The smallest absolute Gasteiger partial charge is 0.136 e. The van der Waals surface area contributed by atoms with Crippen LogP contribution in [0.1, 0.15) is 38.9 Å². The topological polar surface area (TPSA) is 47.3 Å². The van der Waals surface area contributed by atoms with Crippen molar-refractivity contribution in [3.05, 3.63) is 48.2 Å². The first-order valence-corrected chi connectivity index (χ1v) is 8.86. The van der Waals surface area contributed by atoms with Gasteiger partial charge in [0.1, 0.15) is 17.2 Å². The third kappa shape index (κ3) is 4.20. The van der Waals surface area contributed by atoms with Crippen molar-refractivity contribution in [2.75, 3.05) is 19.0 Å². The van der Waals surface area contributed by atoms with E-state index in [0.29, 0.717) is 5.92 Å². The number of benzene rings is 1. The van der Waals surface area contributed by atoms with Gasteiger partial charge in [0.15, 0.2) is 0 Å². The second-order valence-corrected chi connectivity index (χ2v) is 6.79. The van der Waals surface area contributed by atoms with Crippen molar-refractivity contribution < 1.29 is 9.15 Å². The van der Waals surface area contributed by atoms with E-state index < -0.39 is 0 Å². The van der Waals surface area contributed by atoms with Crippen LogP contribution in [0.5, 0.6) is 0 Å². The van der Waals surface area contributed by atoms with Crippen LogP contribution in [0.3, 0.4) is 0 Å². The highest BCUT2D eigenvalue weighted by Gasteiger charge is 2.11. The molecule has 0 saturated heterocycles. The molecular formula is C21H26N2O2. The molecular weight excluding hydrogens is 312 g/mol. The van der Waals surface area contributed by atoms with Gasteiger partial charge in [0, 0.05) is 30.8 Å². The summed E-state index contributed by atoms with van der Waals surface area (Å²) < 4.78 is 11.9. The molecule has 1 unspecified atom stereocenters. The molecule has 0 radical (unpaired) electrons. The highest BCUT2D eigenvalue weighted by Crippen LogP contribution is 2.30. The predicted molar refractivity (Wildman–Crippen MR) is 103 cm³/mol. The number of hydrogen-bond acceptors (Lipinski definition) is 4. The molecule has 2 aromatic heterocycles. The van der Waals surface area contributed by atoms with E-state index in [-0.39, 0.29) is 6.10 Å². The molecule has 0 fully saturated rings. The summed E-state index contributed by atoms with van der Waals surface area (Å²) in [6.45, 7) is 7.32. The number of nitrogens with one attached hydrogen (secondary N) is 1. The number of hydrogen-bond donors (Lipinski definition) is 1. The zero-order valence-electron chi connectivity index (χ0n) is 15.4. The van der Waals surface area contributed by atoms with E-state index in [1.165, 1.54) is 5.56 Å². The van der Waals surface area contributed by atoms with E-state index in [0.717, 1.165) is 41.1 Å². The lowest BCUT2D eigenvalue weighted by Crippen LogP contribution is -2.03. The minimum Gasteiger partial charge on any atom is -0.456 e. The summed E-state index contributed by atoms with van der Waals surface area (Å²) in [5.41, 5.74) is 3.02. The summed E-state index contributed by atoms with van der Waals surface area (Å²) in [6, 6.07) is 12.3. The van der Waals surface area contributed by atoms with Gasteiger partial charge in [-0.2, -0.15) is 0 Å². The third-order valence-electron chi connectivity index (χ3n) is 4.38. The standard InChI is InChI=1S/C21H26N2O2/c1-14(2)9-10-24-15(3)16-5-7-19-18(11-16)12-20(25-19)17-6-8-21(22-4)23-13-17/h5-8,11-15H,9-10H2,1-4H3,(H,22,23). The monoisotopic (exact) mass is 338 g/mol. The van der Waals surface area contributed by atoms with Gasteiger partial charge in [0.2, 0.25) is 0 Å². The molecule has 0 spiro atoms. The van der Waals surface area contributed by atoms with Crippen LogP contribution in [0, 0.1) is 5.92 Å². The number of aromatic nitrogens is 1. The Morgan fingerprint density at radius 2 is 1.96 bits per heavy atom. The van der Waals surface area contributed by atoms with Crippen LogP contribution in [0.25, 0.3) is 22.3 Å². The van der Waals surface area contributed by atoms with Crippen LogP contribution in [-0.4, -0.2) is 18.6 Å². The lowest BCUT2D eigenvalue weighted by molar-refractivity contribution is 0.0584. The Hall–Kier alpha value is -2.33. The molecule has 0 aliphatic heterocycles. The fraction of sp³-hybridized carbons (Fsp3) is 0.381. The Balaban J connectivity index is 1.78. The van der Waals surface area contributed by atoms with Crippen molar-refractivity contribution in [2.24, 2.45) is 5.92 Å². The van der Waals surface area contributed by atoms with Gasteiger partial charge in [0.05, 0.1) is 6.10 Å². The number of rotatable bonds is 7. The molecule has 4 nitrogen and oxygen atoms in total. The van der Waals surface area contributed by atoms with Crippen LogP contribution in [0.15, 0.2) is 47.0 Å². The van der Waals surface area contributed by atoms with Gasteiger partial charge in [-0.1, -0.05) is 19.9 Å². The summed E-state index contributed by atoms with van der Waals surface area (Å²) >= 11 is 0. The quantitative estimate of drug-likeness (QED) is 0.604. The molecule has 0 amide bonds. The van der Waals surface area contributed by atoms with Crippen LogP contribution in [0.4, 0.5) is 5.82 Å². The van der Waals surface area contributed by atoms with Crippen molar-refractivity contribution in [3.63, 3.8) is 0 Å². The normalized spacial score (nSPS) is 12.7. The molecule has 4 heteroatoms. The summed E-state index contributed by atoms with van der Waals surface area (Å²) in [5, 5.41) is 4.11. The minimum atomic E-state index is 0.0816. The predicted octanol–water partition coefficient (Wildman–Crippen LogP) is 5.66. The molecule has 132 valence electrons. The maximum absolute atomic E-state index is 5.97. The maximum Gasteiger partial charge on any atom is 0.136 e. The van der Waals surface area contributed by atoms with Gasteiger partial charge in [-0.05, 0) is 55.2 Å². The number of furan rings is 1. The lowest BCUT2D eigenvalue weighted by Gasteiger charge is -2.14. The molecule has 1 aromatic carbocycles. The molecule has 1 N–H and O–H groups in total. The Bertz CT molecular complexity index is 822. The first-order valence-electron chi connectivity index (χ1n) is 8.86. The molecule has 0 saturated carbocycles. The van der Waals surface area contributed by atoms with Crippen LogP contribution < -0.4 is 5.32 Å². The summed E-state index contributed by atoms with van der Waals surface area (Å²) in [6.07, 6.45) is 2.98. The highest BCUT2D eigenvalue weighted by molar-refractivity contribution is 5.83. The molecule has 25 heavy (non-hydrogen) atoms. The largest absolute Gasteiger partial charge is 0.456 e. The zero-order chi connectivity index (χ0) is 17.8. The average molecular weight is 338 g/mol. The Morgan fingerprint density at radius 3 is 2.64 bits per heavy atom. The van der Waals surface area contributed by atoms with Gasteiger partial charge in [-0.25, -0.2) is 4.98 Å². The number of anilines is 1. The Labute approximate surface area is 149 Å². The van der Waals surface area contributed by atoms with Crippen LogP contribution in [0.2, 0.25) is 0 Å². The van der Waals surface area contributed by atoms with E-state index in [2.05, 4.69) is 49.3 Å². The minimum absolute atomic E-state index is 0.0816. The lowest BCUT2D eigenvalue weighted by atomic mass is 10.1. The molecule has 3 rings (SSSR count). The van der Waals surface area contributed by atoms with Crippen molar-refractivity contribution >= 4 is 16.8 Å². The number of fused-ring (bicyclic) bond motifs is 1. The zero-order valence-corrected chi connectivity index (χ0v) is 15.4. The first kappa shape index (κ1) is 17.5. The average Bonchev–Trinajstić information content (AvgIpc) is 3.04. The van der Waals surface area contributed by atoms with Crippen molar-refractivity contribution in [2.45, 2.75) is 33.3 Å². The molecule has 0 aliphatic rings. The molecule has 1 atom stereocenters. The van der Waals surface area contributed by atoms with Crippen molar-refractivity contribution in [1.29, 1.82) is 0 Å². The van der Waals surface area contributed by atoms with Crippen molar-refractivity contribution in [3.8, 4) is 11.3 Å². The van der Waals surface area contributed by atoms with Gasteiger partial charge in [-0.3, -0.25) is 0 Å². The molecule has 3 aromatic rings. The number of ether oxygens (including phenoxy) is 1. The van der Waals surface area contributed by atoms with Crippen molar-refractivity contribution in [1.82, 2.24) is 4.98 Å². The van der Waals surface area contributed by atoms with Gasteiger partial charge < -0.3 is 14.5 Å². The number of pyridine rings is 1. The maximum atomic E-state index is 5.97. The molecule has 0 aliphatic carbocycles.